The number of rotatable bonds is 6. The molecule has 7 heteroatoms. The van der Waals surface area contributed by atoms with E-state index in [9.17, 15) is 14.4 Å². The first kappa shape index (κ1) is 14.8. The van der Waals surface area contributed by atoms with Crippen LogP contribution in [0.25, 0.3) is 0 Å². The summed E-state index contributed by atoms with van der Waals surface area (Å²) in [5.74, 6) is -1.23. The number of hydrogen-bond acceptors (Lipinski definition) is 5. The molecule has 1 aliphatic heterocycles. The molecule has 1 aliphatic rings. The molecule has 1 fully saturated rings. The van der Waals surface area contributed by atoms with Gasteiger partial charge in [0.1, 0.15) is 12.2 Å². The number of likely N-dealkylation sites (tertiary alicyclic amines) is 1. The number of carboxylic acids is 1. The number of carbonyl (C=O) groups excluding carboxylic acids is 2. The number of ether oxygens (including phenoxy) is 2. The van der Waals surface area contributed by atoms with E-state index in [1.54, 1.807) is 12.1 Å². The lowest BCUT2D eigenvalue weighted by atomic mass is 10.2. The van der Waals surface area contributed by atoms with Crippen LogP contribution in [0.1, 0.15) is 23.2 Å². The van der Waals surface area contributed by atoms with E-state index in [0.29, 0.717) is 0 Å². The summed E-state index contributed by atoms with van der Waals surface area (Å²) in [4.78, 5) is 35.2. The smallest absolute Gasteiger partial charge is 0.339 e. The Morgan fingerprint density at radius 3 is 2.52 bits per heavy atom. The van der Waals surface area contributed by atoms with Crippen LogP contribution in [0.2, 0.25) is 0 Å². The van der Waals surface area contributed by atoms with Crippen LogP contribution < -0.4 is 9.47 Å². The van der Waals surface area contributed by atoms with Crippen LogP contribution in [0.3, 0.4) is 0 Å². The molecule has 21 heavy (non-hydrogen) atoms. The van der Waals surface area contributed by atoms with Crippen LogP contribution in [-0.4, -0.2) is 48.1 Å². The first-order valence-corrected chi connectivity index (χ1v) is 6.41. The third-order valence-corrected chi connectivity index (χ3v) is 3.15. The maximum absolute atomic E-state index is 11.5. The Morgan fingerprint density at radius 1 is 1.29 bits per heavy atom. The molecular weight excluding hydrogens is 278 g/mol. The van der Waals surface area contributed by atoms with Crippen molar-refractivity contribution in [2.45, 2.75) is 12.8 Å². The number of nitrogens with zero attached hydrogens (tertiary/aromatic N) is 1. The number of hydrogen-bond donors (Lipinski definition) is 1. The monoisotopic (exact) mass is 293 g/mol. The zero-order valence-corrected chi connectivity index (χ0v) is 11.5. The van der Waals surface area contributed by atoms with Crippen LogP contribution in [-0.2, 0) is 9.59 Å². The average molecular weight is 293 g/mol. The number of imide groups is 1. The summed E-state index contributed by atoms with van der Waals surface area (Å²) < 4.78 is 10.5. The third-order valence-electron chi connectivity index (χ3n) is 3.15. The second kappa shape index (κ2) is 6.25. The number of aromatic carboxylic acids is 1. The highest BCUT2D eigenvalue weighted by molar-refractivity contribution is 6.01. The van der Waals surface area contributed by atoms with Crippen LogP contribution >= 0.6 is 0 Å². The van der Waals surface area contributed by atoms with Gasteiger partial charge in [0.2, 0.25) is 11.8 Å². The molecule has 0 saturated carbocycles. The van der Waals surface area contributed by atoms with Gasteiger partial charge in [0, 0.05) is 12.8 Å². The molecule has 0 atom stereocenters. The van der Waals surface area contributed by atoms with Gasteiger partial charge in [-0.05, 0) is 12.1 Å². The molecule has 7 nitrogen and oxygen atoms in total. The molecule has 0 unspecified atom stereocenters. The lowest BCUT2D eigenvalue weighted by Crippen LogP contribution is -2.33. The summed E-state index contributed by atoms with van der Waals surface area (Å²) >= 11 is 0. The number of para-hydroxylation sites is 1. The van der Waals surface area contributed by atoms with Gasteiger partial charge in [-0.15, -0.1) is 0 Å². The Balaban J connectivity index is 2.07. The van der Waals surface area contributed by atoms with Crippen molar-refractivity contribution in [1.29, 1.82) is 0 Å². The molecule has 1 saturated heterocycles. The van der Waals surface area contributed by atoms with Gasteiger partial charge in [0.15, 0.2) is 11.5 Å². The fourth-order valence-corrected chi connectivity index (χ4v) is 2.11. The molecule has 112 valence electrons. The van der Waals surface area contributed by atoms with Gasteiger partial charge in [-0.1, -0.05) is 6.07 Å². The van der Waals surface area contributed by atoms with E-state index in [2.05, 4.69) is 0 Å². The maximum Gasteiger partial charge on any atom is 0.339 e. The molecule has 1 aromatic rings. The summed E-state index contributed by atoms with van der Waals surface area (Å²) in [6.07, 6.45) is 0.432. The van der Waals surface area contributed by atoms with E-state index in [-0.39, 0.29) is 54.9 Å². The number of carbonyl (C=O) groups is 3. The Kier molecular flexibility index (Phi) is 4.42. The zero-order valence-electron chi connectivity index (χ0n) is 11.5. The summed E-state index contributed by atoms with van der Waals surface area (Å²) in [7, 11) is 1.40. The van der Waals surface area contributed by atoms with Crippen LogP contribution in [0.15, 0.2) is 18.2 Å². The molecule has 0 spiro atoms. The predicted octanol–water partition coefficient (Wildman–Crippen LogP) is 0.921. The highest BCUT2D eigenvalue weighted by atomic mass is 16.5. The molecule has 1 aromatic carbocycles. The second-order valence-electron chi connectivity index (χ2n) is 4.43. The van der Waals surface area contributed by atoms with Crippen molar-refractivity contribution in [2.24, 2.45) is 0 Å². The van der Waals surface area contributed by atoms with Gasteiger partial charge in [0.25, 0.3) is 0 Å². The minimum atomic E-state index is -1.14. The molecule has 0 aromatic heterocycles. The molecular formula is C14H15NO6. The number of methoxy groups -OCH3 is 1. The summed E-state index contributed by atoms with van der Waals surface area (Å²) in [5.41, 5.74) is -0.0339. The molecule has 0 bridgehead atoms. The van der Waals surface area contributed by atoms with Crippen molar-refractivity contribution in [3.63, 3.8) is 0 Å². The normalized spacial score (nSPS) is 14.4. The minimum absolute atomic E-state index is 0.0120. The lowest BCUT2D eigenvalue weighted by Gasteiger charge is -2.16. The van der Waals surface area contributed by atoms with Crippen LogP contribution in [0.5, 0.6) is 11.5 Å². The van der Waals surface area contributed by atoms with Gasteiger partial charge in [-0.25, -0.2) is 4.79 Å². The van der Waals surface area contributed by atoms with Crippen molar-refractivity contribution in [3.05, 3.63) is 23.8 Å². The van der Waals surface area contributed by atoms with E-state index in [1.165, 1.54) is 13.2 Å². The van der Waals surface area contributed by atoms with E-state index < -0.39 is 5.97 Å². The second-order valence-corrected chi connectivity index (χ2v) is 4.43. The van der Waals surface area contributed by atoms with Crippen molar-refractivity contribution in [2.75, 3.05) is 20.3 Å². The molecule has 1 N–H and O–H groups in total. The van der Waals surface area contributed by atoms with Crippen molar-refractivity contribution in [1.82, 2.24) is 4.90 Å². The van der Waals surface area contributed by atoms with E-state index in [1.807, 2.05) is 0 Å². The van der Waals surface area contributed by atoms with Crippen molar-refractivity contribution >= 4 is 17.8 Å². The summed E-state index contributed by atoms with van der Waals surface area (Å²) in [6, 6.07) is 4.52. The predicted molar refractivity (Wildman–Crippen MR) is 71.4 cm³/mol. The molecule has 0 aliphatic carbocycles. The van der Waals surface area contributed by atoms with Gasteiger partial charge in [-0.3, -0.25) is 14.5 Å². The Bertz CT molecular complexity index is 567. The zero-order chi connectivity index (χ0) is 15.4. The molecule has 0 radical (unpaired) electrons. The largest absolute Gasteiger partial charge is 0.493 e. The van der Waals surface area contributed by atoms with Gasteiger partial charge >= 0.3 is 5.97 Å². The Morgan fingerprint density at radius 2 is 1.95 bits per heavy atom. The SMILES string of the molecule is COc1cccc(C(=O)O)c1OCCN1C(=O)CCC1=O. The number of benzene rings is 1. The van der Waals surface area contributed by atoms with E-state index in [4.69, 9.17) is 14.6 Å². The molecule has 1 heterocycles. The fourth-order valence-electron chi connectivity index (χ4n) is 2.11. The number of amides is 2. The Labute approximate surface area is 121 Å². The Hall–Kier alpha value is -2.57. The third kappa shape index (κ3) is 3.13. The minimum Gasteiger partial charge on any atom is -0.493 e. The quantitative estimate of drug-likeness (QED) is 0.784. The van der Waals surface area contributed by atoms with Crippen LogP contribution in [0.4, 0.5) is 0 Å². The highest BCUT2D eigenvalue weighted by Crippen LogP contribution is 2.31. The van der Waals surface area contributed by atoms with E-state index in [0.717, 1.165) is 4.90 Å². The van der Waals surface area contributed by atoms with Crippen LogP contribution in [0, 0.1) is 0 Å². The number of carboxylic acid groups (broad SMARTS) is 1. The van der Waals surface area contributed by atoms with Gasteiger partial charge < -0.3 is 14.6 Å². The first-order chi connectivity index (χ1) is 10.0. The molecule has 2 rings (SSSR count). The summed E-state index contributed by atoms with van der Waals surface area (Å²) in [6.45, 7) is 0.104. The topological polar surface area (TPSA) is 93.1 Å². The van der Waals surface area contributed by atoms with E-state index >= 15 is 0 Å². The van der Waals surface area contributed by atoms with Crippen molar-refractivity contribution < 1.29 is 29.0 Å². The van der Waals surface area contributed by atoms with Gasteiger partial charge in [0.05, 0.1) is 13.7 Å². The lowest BCUT2D eigenvalue weighted by molar-refractivity contribution is -0.138. The highest BCUT2D eigenvalue weighted by Gasteiger charge is 2.28. The molecule has 2 amide bonds. The van der Waals surface area contributed by atoms with Crippen molar-refractivity contribution in [3.8, 4) is 11.5 Å². The first-order valence-electron chi connectivity index (χ1n) is 6.41. The maximum atomic E-state index is 11.5. The fraction of sp³-hybridized carbons (Fsp3) is 0.357. The average Bonchev–Trinajstić information content (AvgIpc) is 2.78. The van der Waals surface area contributed by atoms with Gasteiger partial charge in [-0.2, -0.15) is 0 Å². The standard InChI is InChI=1S/C14H15NO6/c1-20-10-4-2-3-9(14(18)19)13(10)21-8-7-15-11(16)5-6-12(15)17/h2-4H,5-8H2,1H3,(H,18,19). The summed E-state index contributed by atoms with van der Waals surface area (Å²) in [5, 5.41) is 9.13.